The van der Waals surface area contributed by atoms with E-state index in [4.69, 9.17) is 10.5 Å². The van der Waals surface area contributed by atoms with Gasteiger partial charge in [0.1, 0.15) is 0 Å². The van der Waals surface area contributed by atoms with Crippen molar-refractivity contribution >= 4 is 0 Å². The maximum absolute atomic E-state index is 6.14. The van der Waals surface area contributed by atoms with E-state index < -0.39 is 0 Å². The molecular weight excluding hydrogens is 188 g/mol. The number of hydrogen-bond acceptors (Lipinski definition) is 3. The van der Waals surface area contributed by atoms with Crippen molar-refractivity contribution in [3.05, 3.63) is 0 Å². The zero-order valence-corrected chi connectivity index (χ0v) is 10.2. The number of nitrogens with two attached hydrogens (primary N) is 1. The molecule has 0 amide bonds. The zero-order valence-electron chi connectivity index (χ0n) is 10.2. The van der Waals surface area contributed by atoms with Crippen LogP contribution in [-0.2, 0) is 4.74 Å². The van der Waals surface area contributed by atoms with Gasteiger partial charge in [0.2, 0.25) is 0 Å². The second-order valence-corrected chi connectivity index (χ2v) is 4.68. The van der Waals surface area contributed by atoms with Gasteiger partial charge in [-0.05, 0) is 13.5 Å². The highest BCUT2D eigenvalue weighted by Crippen LogP contribution is 2.12. The Kier molecular flexibility index (Phi) is 6.22. The SMILES string of the molecule is CCCCCCC(N)C1CN(C)CCO1. The Morgan fingerprint density at radius 3 is 2.87 bits per heavy atom. The van der Waals surface area contributed by atoms with Crippen LogP contribution < -0.4 is 5.73 Å². The number of hydrogen-bond donors (Lipinski definition) is 1. The average Bonchev–Trinajstić information content (AvgIpc) is 2.24. The summed E-state index contributed by atoms with van der Waals surface area (Å²) in [5, 5.41) is 0. The van der Waals surface area contributed by atoms with Gasteiger partial charge in [-0.3, -0.25) is 0 Å². The molecule has 1 heterocycles. The van der Waals surface area contributed by atoms with Gasteiger partial charge in [0.15, 0.2) is 0 Å². The van der Waals surface area contributed by atoms with Crippen molar-refractivity contribution in [2.24, 2.45) is 5.73 Å². The molecule has 15 heavy (non-hydrogen) atoms. The molecule has 1 aliphatic heterocycles. The molecule has 0 aromatic rings. The number of unbranched alkanes of at least 4 members (excludes halogenated alkanes) is 3. The van der Waals surface area contributed by atoms with Crippen molar-refractivity contribution in [2.45, 2.75) is 51.2 Å². The lowest BCUT2D eigenvalue weighted by molar-refractivity contribution is -0.0335. The Morgan fingerprint density at radius 1 is 1.40 bits per heavy atom. The van der Waals surface area contributed by atoms with Crippen LogP contribution in [-0.4, -0.2) is 43.8 Å². The first-order chi connectivity index (χ1) is 7.24. The first-order valence-corrected chi connectivity index (χ1v) is 6.29. The van der Waals surface area contributed by atoms with E-state index in [1.165, 1.54) is 25.7 Å². The highest BCUT2D eigenvalue weighted by Gasteiger charge is 2.23. The molecule has 2 atom stereocenters. The van der Waals surface area contributed by atoms with Gasteiger partial charge in [0.05, 0.1) is 12.7 Å². The Bertz CT molecular complexity index is 164. The van der Waals surface area contributed by atoms with Gasteiger partial charge in [-0.1, -0.05) is 32.6 Å². The quantitative estimate of drug-likeness (QED) is 0.683. The van der Waals surface area contributed by atoms with E-state index in [0.717, 1.165) is 26.1 Å². The van der Waals surface area contributed by atoms with Crippen molar-refractivity contribution in [1.82, 2.24) is 4.90 Å². The normalized spacial score (nSPS) is 25.4. The molecule has 1 aliphatic rings. The standard InChI is InChI=1S/C12H26N2O/c1-3-4-5-6-7-11(13)12-10-14(2)8-9-15-12/h11-12H,3-10,13H2,1-2H3. The van der Waals surface area contributed by atoms with E-state index >= 15 is 0 Å². The molecule has 90 valence electrons. The van der Waals surface area contributed by atoms with Crippen LogP contribution in [0.4, 0.5) is 0 Å². The van der Waals surface area contributed by atoms with Gasteiger partial charge >= 0.3 is 0 Å². The second-order valence-electron chi connectivity index (χ2n) is 4.68. The predicted octanol–water partition coefficient (Wildman–Crippen LogP) is 1.61. The summed E-state index contributed by atoms with van der Waals surface area (Å²) in [4.78, 5) is 2.31. The molecule has 1 saturated heterocycles. The van der Waals surface area contributed by atoms with Crippen LogP contribution in [0.1, 0.15) is 39.0 Å². The summed E-state index contributed by atoms with van der Waals surface area (Å²) in [5.74, 6) is 0. The van der Waals surface area contributed by atoms with Gasteiger partial charge in [0.25, 0.3) is 0 Å². The fourth-order valence-electron chi connectivity index (χ4n) is 2.06. The maximum atomic E-state index is 6.14. The number of ether oxygens (including phenoxy) is 1. The first-order valence-electron chi connectivity index (χ1n) is 6.29. The highest BCUT2D eigenvalue weighted by atomic mass is 16.5. The fraction of sp³-hybridized carbons (Fsp3) is 1.00. The minimum atomic E-state index is 0.226. The number of likely N-dealkylation sites (N-methyl/N-ethyl adjacent to an activating group) is 1. The van der Waals surface area contributed by atoms with Gasteiger partial charge in [0, 0.05) is 19.1 Å². The summed E-state index contributed by atoms with van der Waals surface area (Å²) >= 11 is 0. The first kappa shape index (κ1) is 12.9. The molecule has 0 spiro atoms. The van der Waals surface area contributed by atoms with E-state index in [2.05, 4.69) is 18.9 Å². The summed E-state index contributed by atoms with van der Waals surface area (Å²) in [6.07, 6.45) is 6.55. The van der Waals surface area contributed by atoms with E-state index in [-0.39, 0.29) is 12.1 Å². The molecule has 1 rings (SSSR count). The number of rotatable bonds is 6. The predicted molar refractivity (Wildman–Crippen MR) is 64.0 cm³/mol. The smallest absolute Gasteiger partial charge is 0.0853 e. The Balaban J connectivity index is 2.12. The molecule has 3 heteroatoms. The van der Waals surface area contributed by atoms with Gasteiger partial charge < -0.3 is 15.4 Å². The van der Waals surface area contributed by atoms with Crippen LogP contribution >= 0.6 is 0 Å². The van der Waals surface area contributed by atoms with Crippen molar-refractivity contribution in [3.8, 4) is 0 Å². The zero-order chi connectivity index (χ0) is 11.1. The van der Waals surface area contributed by atoms with E-state index in [0.29, 0.717) is 0 Å². The number of morpholine rings is 1. The van der Waals surface area contributed by atoms with Crippen LogP contribution in [0.5, 0.6) is 0 Å². The van der Waals surface area contributed by atoms with Gasteiger partial charge in [-0.15, -0.1) is 0 Å². The van der Waals surface area contributed by atoms with E-state index in [9.17, 15) is 0 Å². The van der Waals surface area contributed by atoms with E-state index in [1.54, 1.807) is 0 Å². The average molecular weight is 214 g/mol. The second kappa shape index (κ2) is 7.20. The lowest BCUT2D eigenvalue weighted by Gasteiger charge is -2.33. The topological polar surface area (TPSA) is 38.5 Å². The molecule has 2 unspecified atom stereocenters. The lowest BCUT2D eigenvalue weighted by atomic mass is 10.0. The summed E-state index contributed by atoms with van der Waals surface area (Å²) in [6.45, 7) is 5.11. The highest BCUT2D eigenvalue weighted by molar-refractivity contribution is 4.79. The summed E-state index contributed by atoms with van der Waals surface area (Å²) in [6, 6.07) is 0.226. The van der Waals surface area contributed by atoms with Crippen LogP contribution in [0.15, 0.2) is 0 Å². The molecule has 0 saturated carbocycles. The minimum Gasteiger partial charge on any atom is -0.374 e. The lowest BCUT2D eigenvalue weighted by Crippen LogP contribution is -2.49. The summed E-state index contributed by atoms with van der Waals surface area (Å²) in [5.41, 5.74) is 6.14. The molecule has 0 radical (unpaired) electrons. The molecule has 1 fully saturated rings. The fourth-order valence-corrected chi connectivity index (χ4v) is 2.06. The largest absolute Gasteiger partial charge is 0.374 e. The van der Waals surface area contributed by atoms with Crippen LogP contribution in [0, 0.1) is 0 Å². The molecule has 3 nitrogen and oxygen atoms in total. The third kappa shape index (κ3) is 4.96. The van der Waals surface area contributed by atoms with Crippen molar-refractivity contribution in [1.29, 1.82) is 0 Å². The molecule has 2 N–H and O–H groups in total. The molecule has 0 aromatic heterocycles. The third-order valence-electron chi connectivity index (χ3n) is 3.17. The summed E-state index contributed by atoms with van der Waals surface area (Å²) in [7, 11) is 2.14. The van der Waals surface area contributed by atoms with Crippen LogP contribution in [0.3, 0.4) is 0 Å². The van der Waals surface area contributed by atoms with Crippen molar-refractivity contribution < 1.29 is 4.74 Å². The minimum absolute atomic E-state index is 0.226. The molecule has 0 bridgehead atoms. The van der Waals surface area contributed by atoms with Crippen LogP contribution in [0.25, 0.3) is 0 Å². The van der Waals surface area contributed by atoms with Crippen molar-refractivity contribution in [3.63, 3.8) is 0 Å². The monoisotopic (exact) mass is 214 g/mol. The number of nitrogens with zero attached hydrogens (tertiary/aromatic N) is 1. The van der Waals surface area contributed by atoms with Gasteiger partial charge in [-0.25, -0.2) is 0 Å². The molecule has 0 aromatic carbocycles. The molecule has 0 aliphatic carbocycles. The van der Waals surface area contributed by atoms with E-state index in [1.807, 2.05) is 0 Å². The summed E-state index contributed by atoms with van der Waals surface area (Å²) < 4.78 is 5.70. The third-order valence-corrected chi connectivity index (χ3v) is 3.17. The van der Waals surface area contributed by atoms with Gasteiger partial charge in [-0.2, -0.15) is 0 Å². The Labute approximate surface area is 94.0 Å². The van der Waals surface area contributed by atoms with Crippen LogP contribution in [0.2, 0.25) is 0 Å². The maximum Gasteiger partial charge on any atom is 0.0853 e. The Hall–Kier alpha value is -0.120. The Morgan fingerprint density at radius 2 is 2.20 bits per heavy atom. The van der Waals surface area contributed by atoms with Crippen molar-refractivity contribution in [2.75, 3.05) is 26.7 Å². The molecular formula is C12H26N2O.